The van der Waals surface area contributed by atoms with Crippen LogP contribution in [0.2, 0.25) is 0 Å². The lowest BCUT2D eigenvalue weighted by Gasteiger charge is -2.41. The van der Waals surface area contributed by atoms with Crippen LogP contribution >= 0.6 is 23.1 Å². The Hall–Kier alpha value is -2.52. The SMILES string of the molecule is C=CC(=O)N1CCN(C(=O)c2cc(Sc3cnc(NC)s3)c(C)cc2OC)CC1CC. The number of carbonyl (C=O) groups excluding carboxylic acids is 2. The number of methoxy groups -OCH3 is 1. The largest absolute Gasteiger partial charge is 0.496 e. The zero-order chi connectivity index (χ0) is 22.5. The van der Waals surface area contributed by atoms with E-state index in [1.165, 1.54) is 6.08 Å². The summed E-state index contributed by atoms with van der Waals surface area (Å²) in [7, 11) is 3.42. The molecular formula is C22H28N4O3S2. The second-order valence-electron chi connectivity index (χ2n) is 7.20. The van der Waals surface area contributed by atoms with Crippen LogP contribution in [0.1, 0.15) is 29.3 Å². The summed E-state index contributed by atoms with van der Waals surface area (Å²) >= 11 is 3.15. The fourth-order valence-corrected chi connectivity index (χ4v) is 5.50. The summed E-state index contributed by atoms with van der Waals surface area (Å²) in [6, 6.07) is 3.79. The molecule has 0 aliphatic carbocycles. The van der Waals surface area contributed by atoms with Gasteiger partial charge in [0.1, 0.15) is 5.75 Å². The zero-order valence-electron chi connectivity index (χ0n) is 18.3. The fraction of sp³-hybridized carbons (Fsp3) is 0.409. The molecule has 0 radical (unpaired) electrons. The van der Waals surface area contributed by atoms with Crippen molar-refractivity contribution < 1.29 is 14.3 Å². The summed E-state index contributed by atoms with van der Waals surface area (Å²) in [5.74, 6) is 0.392. The maximum atomic E-state index is 13.4. The third-order valence-electron chi connectivity index (χ3n) is 5.34. The average Bonchev–Trinajstić information content (AvgIpc) is 3.26. The number of hydrogen-bond donors (Lipinski definition) is 1. The number of anilines is 1. The van der Waals surface area contributed by atoms with Crippen molar-refractivity contribution in [3.63, 3.8) is 0 Å². The van der Waals surface area contributed by atoms with E-state index in [0.717, 1.165) is 26.2 Å². The van der Waals surface area contributed by atoms with E-state index < -0.39 is 0 Å². The van der Waals surface area contributed by atoms with Gasteiger partial charge in [-0.3, -0.25) is 9.59 Å². The van der Waals surface area contributed by atoms with E-state index in [1.807, 2.05) is 44.1 Å². The Kier molecular flexibility index (Phi) is 7.61. The van der Waals surface area contributed by atoms with E-state index in [9.17, 15) is 9.59 Å². The van der Waals surface area contributed by atoms with Crippen molar-refractivity contribution in [2.75, 3.05) is 39.1 Å². The van der Waals surface area contributed by atoms with Crippen molar-refractivity contribution in [2.45, 2.75) is 35.4 Å². The summed E-state index contributed by atoms with van der Waals surface area (Å²) in [4.78, 5) is 34.5. The third kappa shape index (κ3) is 5.04. The summed E-state index contributed by atoms with van der Waals surface area (Å²) in [6.07, 6.45) is 3.94. The lowest BCUT2D eigenvalue weighted by Crippen LogP contribution is -2.56. The van der Waals surface area contributed by atoms with E-state index in [4.69, 9.17) is 4.74 Å². The second-order valence-corrected chi connectivity index (χ2v) is 9.58. The monoisotopic (exact) mass is 460 g/mol. The molecule has 0 spiro atoms. The number of hydrogen-bond acceptors (Lipinski definition) is 7. The highest BCUT2D eigenvalue weighted by molar-refractivity contribution is 8.01. The minimum atomic E-state index is -0.0870. The first-order valence-corrected chi connectivity index (χ1v) is 11.8. The van der Waals surface area contributed by atoms with Crippen molar-refractivity contribution in [1.82, 2.24) is 14.8 Å². The molecule has 0 bridgehead atoms. The molecule has 1 N–H and O–H groups in total. The molecule has 1 aliphatic heterocycles. The molecule has 1 saturated heterocycles. The maximum absolute atomic E-state index is 13.4. The Labute approximate surface area is 191 Å². The van der Waals surface area contributed by atoms with Crippen LogP contribution in [-0.4, -0.2) is 66.4 Å². The van der Waals surface area contributed by atoms with Gasteiger partial charge in [0, 0.05) is 37.6 Å². The van der Waals surface area contributed by atoms with Crippen LogP contribution in [0.5, 0.6) is 5.75 Å². The standard InChI is InChI=1S/C22H28N4O3S2/c1-6-15-13-25(8-9-26(15)19(27)7-2)21(28)16-11-18(14(3)10-17(16)29-5)30-20-12-24-22(23-4)31-20/h7,10-12,15H,2,6,8-9,13H2,1,3-5H3,(H,23,24). The summed E-state index contributed by atoms with van der Waals surface area (Å²) in [5.41, 5.74) is 1.57. The number of amides is 2. The summed E-state index contributed by atoms with van der Waals surface area (Å²) in [6.45, 7) is 9.10. The van der Waals surface area contributed by atoms with E-state index in [0.29, 0.717) is 30.9 Å². The molecule has 2 amide bonds. The van der Waals surface area contributed by atoms with Gasteiger partial charge in [-0.1, -0.05) is 36.6 Å². The molecule has 31 heavy (non-hydrogen) atoms. The van der Waals surface area contributed by atoms with Crippen LogP contribution in [0.4, 0.5) is 5.13 Å². The van der Waals surface area contributed by atoms with E-state index in [2.05, 4.69) is 16.9 Å². The van der Waals surface area contributed by atoms with Gasteiger partial charge >= 0.3 is 0 Å². The van der Waals surface area contributed by atoms with Gasteiger partial charge in [0.05, 0.1) is 23.1 Å². The van der Waals surface area contributed by atoms with E-state index in [-0.39, 0.29) is 17.9 Å². The Morgan fingerprint density at radius 2 is 2.19 bits per heavy atom. The van der Waals surface area contributed by atoms with Gasteiger partial charge in [0.15, 0.2) is 5.13 Å². The normalized spacial score (nSPS) is 16.2. The average molecular weight is 461 g/mol. The lowest BCUT2D eigenvalue weighted by atomic mass is 10.1. The van der Waals surface area contributed by atoms with Gasteiger partial charge in [0.25, 0.3) is 5.91 Å². The zero-order valence-corrected chi connectivity index (χ0v) is 19.9. The Bertz CT molecular complexity index is 976. The van der Waals surface area contributed by atoms with Gasteiger partial charge < -0.3 is 19.9 Å². The van der Waals surface area contributed by atoms with Crippen LogP contribution in [0.3, 0.4) is 0 Å². The third-order valence-corrected chi connectivity index (χ3v) is 7.61. The molecule has 1 atom stereocenters. The number of benzene rings is 1. The lowest BCUT2D eigenvalue weighted by molar-refractivity contribution is -0.130. The Morgan fingerprint density at radius 1 is 1.42 bits per heavy atom. The number of nitrogens with one attached hydrogen (secondary N) is 1. The van der Waals surface area contributed by atoms with Gasteiger partial charge in [0.2, 0.25) is 5.91 Å². The molecule has 166 valence electrons. The van der Waals surface area contributed by atoms with Crippen molar-refractivity contribution in [1.29, 1.82) is 0 Å². The molecule has 9 heteroatoms. The number of nitrogens with zero attached hydrogens (tertiary/aromatic N) is 3. The number of aryl methyl sites for hydroxylation is 1. The summed E-state index contributed by atoms with van der Waals surface area (Å²) < 4.78 is 6.58. The highest BCUT2D eigenvalue weighted by Crippen LogP contribution is 2.38. The Balaban J connectivity index is 1.85. The highest BCUT2D eigenvalue weighted by Gasteiger charge is 2.32. The molecular weight excluding hydrogens is 432 g/mol. The molecule has 2 heterocycles. The number of piperazine rings is 1. The molecule has 7 nitrogen and oxygen atoms in total. The Morgan fingerprint density at radius 3 is 2.81 bits per heavy atom. The summed E-state index contributed by atoms with van der Waals surface area (Å²) in [5, 5.41) is 3.89. The minimum Gasteiger partial charge on any atom is -0.496 e. The molecule has 1 aliphatic rings. The van der Waals surface area contributed by atoms with Crippen LogP contribution < -0.4 is 10.1 Å². The predicted octanol–water partition coefficient (Wildman–Crippen LogP) is 3.90. The van der Waals surface area contributed by atoms with Gasteiger partial charge in [-0.05, 0) is 37.1 Å². The van der Waals surface area contributed by atoms with Crippen molar-refractivity contribution >= 4 is 40.0 Å². The number of aromatic nitrogens is 1. The molecule has 3 rings (SSSR count). The van der Waals surface area contributed by atoms with Crippen molar-refractivity contribution in [2.24, 2.45) is 0 Å². The topological polar surface area (TPSA) is 74.8 Å². The van der Waals surface area contributed by atoms with Crippen LogP contribution in [-0.2, 0) is 4.79 Å². The maximum Gasteiger partial charge on any atom is 0.257 e. The minimum absolute atomic E-state index is 0.0225. The van der Waals surface area contributed by atoms with Crippen molar-refractivity contribution in [3.05, 3.63) is 42.1 Å². The van der Waals surface area contributed by atoms with Gasteiger partial charge in [-0.2, -0.15) is 0 Å². The number of rotatable bonds is 7. The van der Waals surface area contributed by atoms with Crippen LogP contribution in [0.25, 0.3) is 0 Å². The molecule has 2 aromatic rings. The van der Waals surface area contributed by atoms with Crippen molar-refractivity contribution in [3.8, 4) is 5.75 Å². The molecule has 1 aromatic heterocycles. The molecule has 1 unspecified atom stereocenters. The smallest absolute Gasteiger partial charge is 0.257 e. The van der Waals surface area contributed by atoms with E-state index in [1.54, 1.807) is 35.1 Å². The second kappa shape index (κ2) is 10.2. The number of ether oxygens (including phenoxy) is 1. The molecule has 1 aromatic carbocycles. The molecule has 0 saturated carbocycles. The number of carbonyl (C=O) groups is 2. The van der Waals surface area contributed by atoms with Crippen LogP contribution in [0, 0.1) is 6.92 Å². The van der Waals surface area contributed by atoms with Gasteiger partial charge in [-0.25, -0.2) is 4.98 Å². The fourth-order valence-electron chi connectivity index (χ4n) is 3.60. The number of thiazole rings is 1. The quantitative estimate of drug-likeness (QED) is 0.632. The first-order valence-electron chi connectivity index (χ1n) is 10.1. The first kappa shape index (κ1) is 23.1. The van der Waals surface area contributed by atoms with Crippen LogP contribution in [0.15, 0.2) is 40.1 Å². The van der Waals surface area contributed by atoms with E-state index >= 15 is 0 Å². The highest BCUT2D eigenvalue weighted by atomic mass is 32.2. The van der Waals surface area contributed by atoms with Gasteiger partial charge in [-0.15, -0.1) is 0 Å². The molecule has 1 fully saturated rings. The first-order chi connectivity index (χ1) is 14.9. The predicted molar refractivity (Wildman–Crippen MR) is 125 cm³/mol.